The van der Waals surface area contributed by atoms with Crippen molar-refractivity contribution in [2.24, 2.45) is 0 Å². The largest absolute Gasteiger partial charge is 0.261 e. The molecule has 0 saturated carbocycles. The van der Waals surface area contributed by atoms with Gasteiger partial charge in [0.25, 0.3) is 0 Å². The van der Waals surface area contributed by atoms with Crippen molar-refractivity contribution in [2.45, 2.75) is 26.8 Å². The predicted molar refractivity (Wildman–Crippen MR) is 59.9 cm³/mol. The summed E-state index contributed by atoms with van der Waals surface area (Å²) >= 11 is 6.10. The summed E-state index contributed by atoms with van der Waals surface area (Å²) in [6, 6.07) is 6.49. The second-order valence-corrected chi connectivity index (χ2v) is 4.16. The van der Waals surface area contributed by atoms with Crippen molar-refractivity contribution >= 4 is 22.5 Å². The first-order chi connectivity index (χ1) is 6.61. The summed E-state index contributed by atoms with van der Waals surface area (Å²) in [7, 11) is 0. The van der Waals surface area contributed by atoms with Gasteiger partial charge in [-0.3, -0.25) is 4.68 Å². The van der Waals surface area contributed by atoms with Gasteiger partial charge < -0.3 is 0 Å². The lowest BCUT2D eigenvalue weighted by molar-refractivity contribution is 0.551. The van der Waals surface area contributed by atoms with Gasteiger partial charge in [0.05, 0.1) is 5.52 Å². The predicted octanol–water partition coefficient (Wildman–Crippen LogP) is 3.58. The molecule has 0 amide bonds. The molecule has 0 unspecified atom stereocenters. The van der Waals surface area contributed by atoms with Crippen LogP contribution < -0.4 is 0 Å². The average Bonchev–Trinajstić information content (AvgIpc) is 2.45. The second-order valence-electron chi connectivity index (χ2n) is 3.80. The Morgan fingerprint density at radius 1 is 1.36 bits per heavy atom. The van der Waals surface area contributed by atoms with Gasteiger partial charge in [-0.15, -0.1) is 0 Å². The third-order valence-corrected chi connectivity index (χ3v) is 2.65. The van der Waals surface area contributed by atoms with E-state index in [1.165, 1.54) is 5.56 Å². The molecule has 2 nitrogen and oxygen atoms in total. The van der Waals surface area contributed by atoms with Gasteiger partial charge in [-0.25, -0.2) is 0 Å². The zero-order chi connectivity index (χ0) is 10.3. The molecule has 0 bridgehead atoms. The summed E-state index contributed by atoms with van der Waals surface area (Å²) in [5.74, 6) is 0. The van der Waals surface area contributed by atoms with Crippen molar-refractivity contribution in [3.05, 3.63) is 28.9 Å². The van der Waals surface area contributed by atoms with Crippen LogP contribution in [0.5, 0.6) is 0 Å². The number of nitrogens with zero attached hydrogens (tertiary/aromatic N) is 2. The number of halogens is 1. The molecule has 0 spiro atoms. The van der Waals surface area contributed by atoms with Crippen molar-refractivity contribution in [1.82, 2.24) is 9.78 Å². The van der Waals surface area contributed by atoms with E-state index in [1.807, 2.05) is 10.7 Å². The van der Waals surface area contributed by atoms with Gasteiger partial charge in [-0.05, 0) is 32.4 Å². The first-order valence-electron chi connectivity index (χ1n) is 4.74. The molecule has 0 atom stereocenters. The number of fused-ring (bicyclic) bond motifs is 1. The highest BCUT2D eigenvalue weighted by molar-refractivity contribution is 6.34. The van der Waals surface area contributed by atoms with Gasteiger partial charge in [-0.1, -0.05) is 23.7 Å². The van der Waals surface area contributed by atoms with Crippen LogP contribution in [0.1, 0.15) is 25.5 Å². The van der Waals surface area contributed by atoms with Crippen molar-refractivity contribution in [2.75, 3.05) is 0 Å². The topological polar surface area (TPSA) is 17.8 Å². The van der Waals surface area contributed by atoms with E-state index < -0.39 is 0 Å². The lowest BCUT2D eigenvalue weighted by Gasteiger charge is -2.06. The summed E-state index contributed by atoms with van der Waals surface area (Å²) in [6.45, 7) is 6.26. The zero-order valence-corrected chi connectivity index (χ0v) is 9.34. The molecule has 0 saturated heterocycles. The molecule has 1 heterocycles. The molecule has 0 aliphatic carbocycles. The smallest absolute Gasteiger partial charge is 0.159 e. The van der Waals surface area contributed by atoms with Crippen LogP contribution in [0.25, 0.3) is 10.9 Å². The van der Waals surface area contributed by atoms with Crippen molar-refractivity contribution in [3.63, 3.8) is 0 Å². The minimum atomic E-state index is 0.340. The van der Waals surface area contributed by atoms with Crippen molar-refractivity contribution in [1.29, 1.82) is 0 Å². The molecule has 3 heteroatoms. The Morgan fingerprint density at radius 3 is 2.71 bits per heavy atom. The van der Waals surface area contributed by atoms with Crippen molar-refractivity contribution in [3.8, 4) is 0 Å². The maximum Gasteiger partial charge on any atom is 0.159 e. The maximum absolute atomic E-state index is 6.10. The molecule has 0 N–H and O–H groups in total. The average molecular weight is 209 g/mol. The molecule has 0 aliphatic heterocycles. The minimum absolute atomic E-state index is 0.340. The fourth-order valence-corrected chi connectivity index (χ4v) is 2.03. The third kappa shape index (κ3) is 1.30. The van der Waals surface area contributed by atoms with E-state index in [2.05, 4.69) is 38.0 Å². The van der Waals surface area contributed by atoms with Gasteiger partial charge in [0.2, 0.25) is 0 Å². The molecule has 74 valence electrons. The number of hydrogen-bond acceptors (Lipinski definition) is 1. The van der Waals surface area contributed by atoms with E-state index in [9.17, 15) is 0 Å². The van der Waals surface area contributed by atoms with Crippen LogP contribution in [-0.2, 0) is 0 Å². The minimum Gasteiger partial charge on any atom is -0.261 e. The third-order valence-electron chi connectivity index (χ3n) is 2.39. The Bertz CT molecular complexity index is 471. The van der Waals surface area contributed by atoms with E-state index in [4.69, 9.17) is 11.6 Å². The first kappa shape index (κ1) is 9.53. The van der Waals surface area contributed by atoms with Crippen LogP contribution in [0.15, 0.2) is 18.2 Å². The van der Waals surface area contributed by atoms with Gasteiger partial charge in [0, 0.05) is 11.4 Å². The molecule has 2 rings (SSSR count). The molecular formula is C11H13ClN2. The van der Waals surface area contributed by atoms with Gasteiger partial charge in [0.1, 0.15) is 0 Å². The van der Waals surface area contributed by atoms with Gasteiger partial charge >= 0.3 is 0 Å². The Labute approximate surface area is 88.5 Å². The number of aromatic nitrogens is 2. The van der Waals surface area contributed by atoms with Gasteiger partial charge in [-0.2, -0.15) is 5.10 Å². The van der Waals surface area contributed by atoms with Crippen LogP contribution in [-0.4, -0.2) is 9.78 Å². The van der Waals surface area contributed by atoms with Gasteiger partial charge in [0.15, 0.2) is 5.15 Å². The lowest BCUT2D eigenvalue weighted by atomic mass is 10.1. The lowest BCUT2D eigenvalue weighted by Crippen LogP contribution is -2.01. The number of rotatable bonds is 1. The SMILES string of the molecule is Cc1cccc2c1c(Cl)nn2C(C)C. The Balaban J connectivity index is 2.84. The van der Waals surface area contributed by atoms with E-state index in [0.29, 0.717) is 11.2 Å². The standard InChI is InChI=1S/C11H13ClN2/c1-7(2)14-9-6-4-5-8(3)10(9)11(12)13-14/h4-7H,1-3H3. The summed E-state index contributed by atoms with van der Waals surface area (Å²) < 4.78 is 1.96. The van der Waals surface area contributed by atoms with Crippen LogP contribution in [0, 0.1) is 6.92 Å². The summed E-state index contributed by atoms with van der Waals surface area (Å²) in [5.41, 5.74) is 2.30. The maximum atomic E-state index is 6.10. The monoisotopic (exact) mass is 208 g/mol. The fourth-order valence-electron chi connectivity index (χ4n) is 1.70. The second kappa shape index (κ2) is 3.28. The first-order valence-corrected chi connectivity index (χ1v) is 5.12. The molecule has 0 fully saturated rings. The van der Waals surface area contributed by atoms with Crippen LogP contribution in [0.4, 0.5) is 0 Å². The fraction of sp³-hybridized carbons (Fsp3) is 0.364. The number of hydrogen-bond donors (Lipinski definition) is 0. The molecule has 1 aromatic carbocycles. The molecule has 1 aromatic heterocycles. The van der Waals surface area contributed by atoms with Crippen LogP contribution in [0.3, 0.4) is 0 Å². The number of benzene rings is 1. The highest BCUT2D eigenvalue weighted by Gasteiger charge is 2.11. The molecule has 2 aromatic rings. The van der Waals surface area contributed by atoms with Crippen LogP contribution in [0.2, 0.25) is 5.15 Å². The summed E-state index contributed by atoms with van der Waals surface area (Å²) in [5, 5.41) is 6.01. The molecule has 14 heavy (non-hydrogen) atoms. The number of aryl methyl sites for hydroxylation is 1. The van der Waals surface area contributed by atoms with E-state index in [-0.39, 0.29) is 0 Å². The van der Waals surface area contributed by atoms with E-state index in [1.54, 1.807) is 0 Å². The van der Waals surface area contributed by atoms with Crippen LogP contribution >= 0.6 is 11.6 Å². The Kier molecular flexibility index (Phi) is 2.23. The summed E-state index contributed by atoms with van der Waals surface area (Å²) in [6.07, 6.45) is 0. The molecule has 0 aliphatic rings. The van der Waals surface area contributed by atoms with E-state index >= 15 is 0 Å². The highest BCUT2D eigenvalue weighted by atomic mass is 35.5. The Morgan fingerprint density at radius 2 is 2.07 bits per heavy atom. The summed E-state index contributed by atoms with van der Waals surface area (Å²) in [4.78, 5) is 0. The normalized spacial score (nSPS) is 11.5. The Hall–Kier alpha value is -1.02. The highest BCUT2D eigenvalue weighted by Crippen LogP contribution is 2.27. The van der Waals surface area contributed by atoms with E-state index in [0.717, 1.165) is 10.9 Å². The van der Waals surface area contributed by atoms with Crippen molar-refractivity contribution < 1.29 is 0 Å². The molecular weight excluding hydrogens is 196 g/mol. The quantitative estimate of drug-likeness (QED) is 0.701. The molecule has 0 radical (unpaired) electrons. The zero-order valence-electron chi connectivity index (χ0n) is 8.58.